The number of rotatable bonds is 9. The van der Waals surface area contributed by atoms with Crippen molar-refractivity contribution in [2.24, 2.45) is 15.7 Å². The molecule has 1 aliphatic carbocycles. The Balaban J connectivity index is 1.85. The molecule has 3 rings (SSSR count). The molecule has 3 N–H and O–H groups in total. The first-order chi connectivity index (χ1) is 16.4. The summed E-state index contributed by atoms with van der Waals surface area (Å²) in [4.78, 5) is 8.32. The molecule has 6 nitrogen and oxygen atoms in total. The van der Waals surface area contributed by atoms with Gasteiger partial charge < -0.3 is 20.6 Å². The maximum atomic E-state index is 13.8. The van der Waals surface area contributed by atoms with Crippen LogP contribution in [-0.2, 0) is 0 Å². The number of hydrogen-bond acceptors (Lipinski definition) is 5. The molecule has 0 aliphatic heterocycles. The number of nitrogens with two attached hydrogens (primary N) is 1. The van der Waals surface area contributed by atoms with E-state index in [4.69, 9.17) is 20.6 Å². The van der Waals surface area contributed by atoms with Gasteiger partial charge in [-0.3, -0.25) is 4.99 Å². The molecule has 0 amide bonds. The number of benzene rings is 2. The van der Waals surface area contributed by atoms with Crippen LogP contribution in [0.25, 0.3) is 6.08 Å². The second-order valence-electron chi connectivity index (χ2n) is 7.85. The summed E-state index contributed by atoms with van der Waals surface area (Å²) < 4.78 is 39.3. The Kier molecular flexibility index (Phi) is 8.67. The zero-order chi connectivity index (χ0) is 24.5. The number of amidine groups is 1. The van der Waals surface area contributed by atoms with Gasteiger partial charge in [0.15, 0.2) is 23.1 Å². The number of hydrogen-bond donors (Lipinski definition) is 2. The van der Waals surface area contributed by atoms with Crippen LogP contribution in [0.5, 0.6) is 11.5 Å². The Bertz CT molecular complexity index is 1150. The zero-order valence-electron chi connectivity index (χ0n) is 19.2. The molecule has 0 atom stereocenters. The van der Waals surface area contributed by atoms with Gasteiger partial charge in [-0.1, -0.05) is 12.1 Å². The normalized spacial score (nSPS) is 15.1. The third-order valence-electron chi connectivity index (χ3n) is 5.16. The molecule has 0 aromatic heterocycles. The van der Waals surface area contributed by atoms with E-state index in [1.54, 1.807) is 20.1 Å². The van der Waals surface area contributed by atoms with Crippen LogP contribution in [0.4, 0.5) is 20.2 Å². The number of nitrogens with one attached hydrogen (secondary N) is 1. The molecule has 34 heavy (non-hydrogen) atoms. The third-order valence-corrected chi connectivity index (χ3v) is 5.16. The molecule has 1 saturated carbocycles. The maximum absolute atomic E-state index is 13.8. The molecule has 0 bridgehead atoms. The van der Waals surface area contributed by atoms with Crippen LogP contribution < -0.4 is 15.2 Å². The Morgan fingerprint density at radius 3 is 2.50 bits per heavy atom. The van der Waals surface area contributed by atoms with E-state index < -0.39 is 11.6 Å². The highest BCUT2D eigenvalue weighted by molar-refractivity contribution is 6.01. The summed E-state index contributed by atoms with van der Waals surface area (Å²) in [5.41, 5.74) is 7.09. The quantitative estimate of drug-likeness (QED) is 0.336. The summed E-state index contributed by atoms with van der Waals surface area (Å²) in [5.74, 6) is -0.750. The lowest BCUT2D eigenvalue weighted by Crippen LogP contribution is -2.12. The van der Waals surface area contributed by atoms with Gasteiger partial charge >= 0.3 is 0 Å². The van der Waals surface area contributed by atoms with Crippen molar-refractivity contribution in [3.63, 3.8) is 0 Å². The molecule has 178 valence electrons. The monoisotopic (exact) mass is 466 g/mol. The van der Waals surface area contributed by atoms with E-state index in [1.165, 1.54) is 18.4 Å². The van der Waals surface area contributed by atoms with E-state index in [1.807, 2.05) is 24.3 Å². The molecule has 0 saturated heterocycles. The van der Waals surface area contributed by atoms with E-state index in [2.05, 4.69) is 9.98 Å². The van der Waals surface area contributed by atoms with Gasteiger partial charge in [-0.2, -0.15) is 0 Å². The minimum Gasteiger partial charge on any atom is -0.493 e. The Labute approximate surface area is 198 Å². The van der Waals surface area contributed by atoms with Crippen molar-refractivity contribution in [2.75, 3.05) is 7.11 Å². The van der Waals surface area contributed by atoms with Gasteiger partial charge in [0.05, 0.1) is 24.6 Å². The average molecular weight is 467 g/mol. The lowest BCUT2D eigenvalue weighted by Gasteiger charge is -2.17. The van der Waals surface area contributed by atoms with Crippen molar-refractivity contribution in [2.45, 2.75) is 38.7 Å². The fourth-order valence-corrected chi connectivity index (χ4v) is 3.50. The van der Waals surface area contributed by atoms with Crippen molar-refractivity contribution in [3.05, 3.63) is 65.8 Å². The lowest BCUT2D eigenvalue weighted by molar-refractivity contribution is 0.200. The molecular formula is C26H28F2N4O2. The smallest absolute Gasteiger partial charge is 0.168 e. The van der Waals surface area contributed by atoms with Crippen molar-refractivity contribution < 1.29 is 18.3 Å². The van der Waals surface area contributed by atoms with Crippen LogP contribution in [0.1, 0.15) is 38.2 Å². The number of ether oxygens (including phenoxy) is 2. The van der Waals surface area contributed by atoms with Crippen molar-refractivity contribution in [1.29, 1.82) is 5.41 Å². The van der Waals surface area contributed by atoms with Gasteiger partial charge in [-0.05, 0) is 63.0 Å². The van der Waals surface area contributed by atoms with Gasteiger partial charge in [0.1, 0.15) is 5.84 Å². The second-order valence-corrected chi connectivity index (χ2v) is 7.85. The fourth-order valence-electron chi connectivity index (χ4n) is 3.50. The topological polar surface area (TPSA) is 93.0 Å². The fraction of sp³-hybridized carbons (Fsp3) is 0.269. The summed E-state index contributed by atoms with van der Waals surface area (Å²) in [6, 6.07) is 7.51. The summed E-state index contributed by atoms with van der Waals surface area (Å²) in [5, 5.41) is 7.40. The second kappa shape index (κ2) is 11.9. The maximum Gasteiger partial charge on any atom is 0.168 e. The molecule has 2 aromatic carbocycles. The summed E-state index contributed by atoms with van der Waals surface area (Å²) in [6.07, 6.45) is 12.3. The van der Waals surface area contributed by atoms with Crippen LogP contribution in [0.3, 0.4) is 0 Å². The highest BCUT2D eigenvalue weighted by atomic mass is 19.2. The number of halogens is 2. The van der Waals surface area contributed by atoms with E-state index in [0.717, 1.165) is 43.4 Å². The molecule has 0 radical (unpaired) electrons. The summed E-state index contributed by atoms with van der Waals surface area (Å²) in [6.45, 7) is 1.58. The molecule has 0 unspecified atom stereocenters. The lowest BCUT2D eigenvalue weighted by atomic mass is 10.1. The Hall–Kier alpha value is -3.81. The number of para-hydroxylation sites is 1. The Morgan fingerprint density at radius 2 is 1.82 bits per heavy atom. The van der Waals surface area contributed by atoms with Gasteiger partial charge in [0.25, 0.3) is 0 Å². The predicted octanol–water partition coefficient (Wildman–Crippen LogP) is 6.30. The van der Waals surface area contributed by atoms with E-state index in [9.17, 15) is 8.78 Å². The number of nitrogens with zero attached hydrogens (tertiary/aromatic N) is 2. The van der Waals surface area contributed by atoms with E-state index >= 15 is 0 Å². The molecule has 0 heterocycles. The molecule has 1 aliphatic rings. The Morgan fingerprint density at radius 1 is 1.12 bits per heavy atom. The van der Waals surface area contributed by atoms with Gasteiger partial charge in [0.2, 0.25) is 0 Å². The molecule has 8 heteroatoms. The first kappa shape index (κ1) is 24.8. The highest BCUT2D eigenvalue weighted by Crippen LogP contribution is 2.35. The van der Waals surface area contributed by atoms with Crippen molar-refractivity contribution >= 4 is 35.2 Å². The van der Waals surface area contributed by atoms with Gasteiger partial charge in [0, 0.05) is 29.6 Å². The minimum absolute atomic E-state index is 0.0367. The minimum atomic E-state index is -1.06. The molecule has 2 aromatic rings. The zero-order valence-corrected chi connectivity index (χ0v) is 19.2. The van der Waals surface area contributed by atoms with Crippen LogP contribution in [0.2, 0.25) is 0 Å². The van der Waals surface area contributed by atoms with Gasteiger partial charge in [-0.15, -0.1) is 0 Å². The third kappa shape index (κ3) is 6.84. The van der Waals surface area contributed by atoms with Crippen LogP contribution in [0, 0.1) is 17.0 Å². The van der Waals surface area contributed by atoms with Gasteiger partial charge in [-0.25, -0.2) is 13.8 Å². The predicted molar refractivity (Wildman–Crippen MR) is 133 cm³/mol. The first-order valence-electron chi connectivity index (χ1n) is 11.0. The standard InChI is InChI=1S/C26H28F2N4O2/c1-17(29)12-13-25(30)32-23-16-21(28)20(27)15-22(23)31-14-6-8-18-7-5-11-24(33-2)26(18)34-19-9-3-4-10-19/h5-8,11-16,19,29H,3-4,9-10H2,1-2H3,(H2,30,32). The SMILES string of the molecule is COc1cccc(C=CC=Nc2cc(F)c(F)cc2N=C(N)C=CC(C)=N)c1OC1CCCC1. The van der Waals surface area contributed by atoms with Crippen LogP contribution >= 0.6 is 0 Å². The van der Waals surface area contributed by atoms with E-state index in [-0.39, 0.29) is 29.0 Å². The van der Waals surface area contributed by atoms with E-state index in [0.29, 0.717) is 11.5 Å². The molecule has 0 spiro atoms. The molecule has 1 fully saturated rings. The molecular weight excluding hydrogens is 438 g/mol. The van der Waals surface area contributed by atoms with Crippen molar-refractivity contribution in [1.82, 2.24) is 0 Å². The summed E-state index contributed by atoms with van der Waals surface area (Å²) >= 11 is 0. The number of methoxy groups -OCH3 is 1. The van der Waals surface area contributed by atoms with Crippen molar-refractivity contribution in [3.8, 4) is 11.5 Å². The van der Waals surface area contributed by atoms with Crippen LogP contribution in [0.15, 0.2) is 58.5 Å². The number of aliphatic imine (C=N–C) groups is 2. The highest BCUT2D eigenvalue weighted by Gasteiger charge is 2.19. The van der Waals surface area contributed by atoms with Crippen LogP contribution in [-0.4, -0.2) is 31.0 Å². The largest absolute Gasteiger partial charge is 0.493 e. The first-order valence-corrected chi connectivity index (χ1v) is 11.0. The summed E-state index contributed by atoms with van der Waals surface area (Å²) in [7, 11) is 1.60. The number of allylic oxidation sites excluding steroid dienone is 2. The average Bonchev–Trinajstić information content (AvgIpc) is 3.32.